The Morgan fingerprint density at radius 3 is 2.55 bits per heavy atom. The van der Waals surface area contributed by atoms with Gasteiger partial charge in [-0.05, 0) is 54.1 Å². The minimum atomic E-state index is -4.57. The van der Waals surface area contributed by atoms with Crippen molar-refractivity contribution in [2.45, 2.75) is 12.8 Å². The Morgan fingerprint density at radius 1 is 1.00 bits per heavy atom. The fraction of sp³-hybridized carbons (Fsp3) is 0.0667. The minimum absolute atomic E-state index is 0.0479. The van der Waals surface area contributed by atoms with E-state index in [0.717, 1.165) is 16.8 Å². The van der Waals surface area contributed by atoms with Crippen molar-refractivity contribution in [1.82, 2.24) is 9.66 Å². The van der Waals surface area contributed by atoms with Gasteiger partial charge in [0.05, 0.1) is 39.3 Å². The largest absolute Gasteiger partial charge is 0.487 e. The van der Waals surface area contributed by atoms with Crippen LogP contribution in [0.5, 0.6) is 5.75 Å². The summed E-state index contributed by atoms with van der Waals surface area (Å²) in [5, 5.41) is 14.1. The molecule has 0 saturated carbocycles. The Kier molecular flexibility index (Phi) is 7.36. The zero-order chi connectivity index (χ0) is 28.3. The summed E-state index contributed by atoms with van der Waals surface area (Å²) >= 11 is 6.41. The van der Waals surface area contributed by atoms with Crippen LogP contribution >= 0.6 is 11.6 Å². The van der Waals surface area contributed by atoms with E-state index < -0.39 is 17.3 Å². The summed E-state index contributed by atoms with van der Waals surface area (Å²) in [7, 11) is 0. The van der Waals surface area contributed by atoms with E-state index in [-0.39, 0.29) is 28.4 Å². The van der Waals surface area contributed by atoms with Crippen LogP contribution in [0.3, 0.4) is 0 Å². The van der Waals surface area contributed by atoms with Gasteiger partial charge < -0.3 is 4.74 Å². The van der Waals surface area contributed by atoms with Gasteiger partial charge in [0, 0.05) is 11.1 Å². The predicted molar refractivity (Wildman–Crippen MR) is 146 cm³/mol. The summed E-state index contributed by atoms with van der Waals surface area (Å²) in [6.07, 6.45) is -3.21. The minimum Gasteiger partial charge on any atom is -0.487 e. The molecule has 0 amide bonds. The van der Waals surface area contributed by atoms with Gasteiger partial charge in [0.15, 0.2) is 5.82 Å². The Bertz CT molecular complexity index is 1860. The third-order valence-corrected chi connectivity index (χ3v) is 6.30. The van der Waals surface area contributed by atoms with E-state index in [4.69, 9.17) is 16.3 Å². The van der Waals surface area contributed by atoms with E-state index in [9.17, 15) is 23.2 Å². The molecule has 0 aliphatic carbocycles. The van der Waals surface area contributed by atoms with Crippen LogP contribution in [-0.2, 0) is 12.8 Å². The van der Waals surface area contributed by atoms with Crippen molar-refractivity contribution in [2.24, 2.45) is 5.10 Å². The lowest BCUT2D eigenvalue weighted by atomic mass is 10.1. The van der Waals surface area contributed by atoms with E-state index in [1.165, 1.54) is 18.3 Å². The molecule has 0 aliphatic heterocycles. The third-order valence-electron chi connectivity index (χ3n) is 6.00. The maximum absolute atomic E-state index is 13.4. The van der Waals surface area contributed by atoms with Crippen molar-refractivity contribution in [3.05, 3.63) is 129 Å². The zero-order valence-electron chi connectivity index (χ0n) is 20.6. The monoisotopic (exact) mass is 558 g/mol. The van der Waals surface area contributed by atoms with Gasteiger partial charge in [-0.1, -0.05) is 54.1 Å². The molecular formula is C30H18ClF3N4O2. The normalized spacial score (nSPS) is 11.6. The van der Waals surface area contributed by atoms with Crippen LogP contribution in [-0.4, -0.2) is 15.9 Å². The molecule has 198 valence electrons. The van der Waals surface area contributed by atoms with Crippen LogP contribution in [0.4, 0.5) is 13.2 Å². The highest BCUT2D eigenvalue weighted by Gasteiger charge is 2.31. The SMILES string of the molecule is N#Cc1ccccc1COc1ccc(C=Nn2c(-c3cccc(C(F)(F)F)c3)nc3ccccc3c2=O)cc1Cl. The van der Waals surface area contributed by atoms with Gasteiger partial charge in [0.25, 0.3) is 5.56 Å². The molecule has 5 rings (SSSR count). The Balaban J connectivity index is 1.50. The van der Waals surface area contributed by atoms with E-state index in [0.29, 0.717) is 28.0 Å². The van der Waals surface area contributed by atoms with Gasteiger partial charge in [-0.15, -0.1) is 0 Å². The van der Waals surface area contributed by atoms with Gasteiger partial charge in [-0.25, -0.2) is 4.98 Å². The molecule has 0 atom stereocenters. The number of halogens is 4. The summed E-state index contributed by atoms with van der Waals surface area (Å²) in [6, 6.07) is 25.1. The number of para-hydroxylation sites is 1. The number of aromatic nitrogens is 2. The lowest BCUT2D eigenvalue weighted by Crippen LogP contribution is -2.20. The van der Waals surface area contributed by atoms with Crippen molar-refractivity contribution in [3.8, 4) is 23.2 Å². The quantitative estimate of drug-likeness (QED) is 0.209. The Hall–Kier alpha value is -4.94. The molecule has 4 aromatic carbocycles. The number of hydrogen-bond donors (Lipinski definition) is 0. The number of benzene rings is 4. The van der Waals surface area contributed by atoms with Gasteiger partial charge in [0.1, 0.15) is 12.4 Å². The molecule has 1 aromatic heterocycles. The maximum atomic E-state index is 13.4. The van der Waals surface area contributed by atoms with Gasteiger partial charge >= 0.3 is 6.18 Å². The average molecular weight is 559 g/mol. The number of fused-ring (bicyclic) bond motifs is 1. The number of nitriles is 1. The average Bonchev–Trinajstić information content (AvgIpc) is 2.96. The number of ether oxygens (including phenoxy) is 1. The van der Waals surface area contributed by atoms with Crippen LogP contribution in [0.1, 0.15) is 22.3 Å². The first-order valence-electron chi connectivity index (χ1n) is 11.9. The van der Waals surface area contributed by atoms with Crippen molar-refractivity contribution in [3.63, 3.8) is 0 Å². The summed E-state index contributed by atoms with van der Waals surface area (Å²) in [6.45, 7) is 0.134. The number of alkyl halides is 3. The lowest BCUT2D eigenvalue weighted by molar-refractivity contribution is -0.137. The van der Waals surface area contributed by atoms with Crippen LogP contribution in [0.15, 0.2) is 101 Å². The van der Waals surface area contributed by atoms with Crippen molar-refractivity contribution < 1.29 is 17.9 Å². The highest BCUT2D eigenvalue weighted by molar-refractivity contribution is 6.32. The van der Waals surface area contributed by atoms with Gasteiger partial charge in [-0.2, -0.15) is 28.2 Å². The Morgan fingerprint density at radius 2 is 1.77 bits per heavy atom. The Labute approximate surface area is 231 Å². The topological polar surface area (TPSA) is 80.3 Å². The molecule has 0 unspecified atom stereocenters. The first-order chi connectivity index (χ1) is 19.2. The van der Waals surface area contributed by atoms with E-state index in [1.807, 2.05) is 0 Å². The molecule has 0 bridgehead atoms. The second-order valence-electron chi connectivity index (χ2n) is 8.64. The molecule has 0 saturated heterocycles. The predicted octanol–water partition coefficient (Wildman–Crippen LogP) is 7.07. The van der Waals surface area contributed by atoms with Crippen molar-refractivity contribution >= 4 is 28.7 Å². The molecule has 0 spiro atoms. The molecule has 1 heterocycles. The second-order valence-corrected chi connectivity index (χ2v) is 9.05. The van der Waals surface area contributed by atoms with Crippen LogP contribution in [0.2, 0.25) is 5.02 Å². The molecule has 40 heavy (non-hydrogen) atoms. The summed E-state index contributed by atoms with van der Waals surface area (Å²) in [5.74, 6) is 0.328. The van der Waals surface area contributed by atoms with Crippen LogP contribution in [0, 0.1) is 11.3 Å². The zero-order valence-corrected chi connectivity index (χ0v) is 21.3. The smallest absolute Gasteiger partial charge is 0.416 e. The summed E-state index contributed by atoms with van der Waals surface area (Å²) < 4.78 is 46.9. The molecule has 0 aliphatic rings. The van der Waals surface area contributed by atoms with E-state index in [2.05, 4.69) is 16.2 Å². The van der Waals surface area contributed by atoms with E-state index >= 15 is 0 Å². The highest BCUT2D eigenvalue weighted by Crippen LogP contribution is 2.32. The van der Waals surface area contributed by atoms with Gasteiger partial charge in [-0.3, -0.25) is 4.79 Å². The number of rotatable bonds is 6. The number of nitrogens with zero attached hydrogens (tertiary/aromatic N) is 4. The first kappa shape index (κ1) is 26.7. The van der Waals surface area contributed by atoms with Crippen molar-refractivity contribution in [2.75, 3.05) is 0 Å². The molecule has 10 heteroatoms. The summed E-state index contributed by atoms with van der Waals surface area (Å²) in [4.78, 5) is 17.8. The molecular weight excluding hydrogens is 541 g/mol. The lowest BCUT2D eigenvalue weighted by Gasteiger charge is -2.12. The van der Waals surface area contributed by atoms with Crippen LogP contribution in [0.25, 0.3) is 22.3 Å². The highest BCUT2D eigenvalue weighted by atomic mass is 35.5. The van der Waals surface area contributed by atoms with Crippen molar-refractivity contribution in [1.29, 1.82) is 5.26 Å². The van der Waals surface area contributed by atoms with Crippen LogP contribution < -0.4 is 10.3 Å². The fourth-order valence-corrected chi connectivity index (χ4v) is 4.25. The first-order valence-corrected chi connectivity index (χ1v) is 12.3. The summed E-state index contributed by atoms with van der Waals surface area (Å²) in [5.41, 5.74) is 0.692. The standard InChI is InChI=1S/C30H18ClF3N4O2/c31-25-14-19(12-13-27(25)40-18-22-7-2-1-6-21(22)16-35)17-36-38-28(20-8-5-9-23(15-20)30(32,33)34)37-26-11-4-3-10-24(26)29(38)39/h1-15,17H,18H2. The maximum Gasteiger partial charge on any atom is 0.416 e. The fourth-order valence-electron chi connectivity index (χ4n) is 4.00. The van der Waals surface area contributed by atoms with E-state index in [1.54, 1.807) is 66.7 Å². The molecule has 0 fully saturated rings. The third kappa shape index (κ3) is 5.58. The molecule has 6 nitrogen and oxygen atoms in total. The molecule has 0 radical (unpaired) electrons. The molecule has 0 N–H and O–H groups in total. The molecule has 5 aromatic rings. The second kappa shape index (κ2) is 11.0. The number of hydrogen-bond acceptors (Lipinski definition) is 5. The van der Waals surface area contributed by atoms with Gasteiger partial charge in [0.2, 0.25) is 0 Å².